The predicted octanol–water partition coefficient (Wildman–Crippen LogP) is 0.599. The van der Waals surface area contributed by atoms with E-state index in [1.807, 2.05) is 6.92 Å². The quantitative estimate of drug-likeness (QED) is 0.746. The van der Waals surface area contributed by atoms with Crippen molar-refractivity contribution < 1.29 is 8.42 Å². The van der Waals surface area contributed by atoms with E-state index in [4.69, 9.17) is 0 Å². The van der Waals surface area contributed by atoms with Crippen LogP contribution in [0.5, 0.6) is 0 Å². The number of hydrogen-bond acceptors (Lipinski definition) is 3. The Morgan fingerprint density at radius 1 is 1.27 bits per heavy atom. The van der Waals surface area contributed by atoms with E-state index < -0.39 is 10.0 Å². The molecule has 4 nitrogen and oxygen atoms in total. The highest BCUT2D eigenvalue weighted by Crippen LogP contribution is 2.27. The van der Waals surface area contributed by atoms with Gasteiger partial charge in [-0.3, -0.25) is 0 Å². The summed E-state index contributed by atoms with van der Waals surface area (Å²) in [6.45, 7) is 1.89. The van der Waals surface area contributed by atoms with E-state index >= 15 is 0 Å². The Bertz CT molecular complexity index is 303. The third-order valence-corrected chi connectivity index (χ3v) is 4.93. The van der Waals surface area contributed by atoms with Gasteiger partial charge in [-0.1, -0.05) is 6.92 Å². The Morgan fingerprint density at radius 3 is 2.40 bits per heavy atom. The molecule has 2 atom stereocenters. The van der Waals surface area contributed by atoms with Crippen molar-refractivity contribution in [1.29, 1.82) is 0 Å². The fraction of sp³-hybridized carbons (Fsp3) is 1.00. The number of piperidine rings is 1. The van der Waals surface area contributed by atoms with Crippen LogP contribution < -0.4 is 10.0 Å². The summed E-state index contributed by atoms with van der Waals surface area (Å²) in [6.07, 6.45) is 5.01. The third kappa shape index (κ3) is 2.92. The first-order valence-corrected chi connectivity index (χ1v) is 7.50. The number of nitrogens with one attached hydrogen (secondary N) is 2. The van der Waals surface area contributed by atoms with Crippen molar-refractivity contribution in [2.75, 3.05) is 5.75 Å². The van der Waals surface area contributed by atoms with Gasteiger partial charge in [0.1, 0.15) is 0 Å². The van der Waals surface area contributed by atoms with E-state index in [-0.39, 0.29) is 11.8 Å². The summed E-state index contributed by atoms with van der Waals surface area (Å²) in [6, 6.07) is 1.25. The topological polar surface area (TPSA) is 58.2 Å². The van der Waals surface area contributed by atoms with Crippen molar-refractivity contribution in [3.8, 4) is 0 Å². The number of hydrogen-bond donors (Lipinski definition) is 2. The van der Waals surface area contributed by atoms with Gasteiger partial charge in [-0.2, -0.15) is 0 Å². The van der Waals surface area contributed by atoms with Gasteiger partial charge >= 0.3 is 0 Å². The van der Waals surface area contributed by atoms with Crippen LogP contribution in [0.3, 0.4) is 0 Å². The molecular weight excluding hydrogens is 212 g/mol. The summed E-state index contributed by atoms with van der Waals surface area (Å²) in [5, 5.41) is 3.50. The van der Waals surface area contributed by atoms with Crippen molar-refractivity contribution in [2.24, 2.45) is 0 Å². The van der Waals surface area contributed by atoms with Crippen molar-refractivity contribution in [2.45, 2.75) is 57.2 Å². The first-order valence-electron chi connectivity index (χ1n) is 5.85. The van der Waals surface area contributed by atoms with Gasteiger partial charge in [0.2, 0.25) is 10.0 Å². The molecule has 0 spiro atoms. The normalized spacial score (nSPS) is 35.7. The monoisotopic (exact) mass is 232 g/mol. The number of fused-ring (bicyclic) bond motifs is 2. The Kier molecular flexibility index (Phi) is 3.33. The van der Waals surface area contributed by atoms with E-state index in [2.05, 4.69) is 10.0 Å². The van der Waals surface area contributed by atoms with E-state index in [0.29, 0.717) is 18.5 Å². The van der Waals surface area contributed by atoms with Crippen LogP contribution in [0.4, 0.5) is 0 Å². The Morgan fingerprint density at radius 2 is 1.87 bits per heavy atom. The van der Waals surface area contributed by atoms with Gasteiger partial charge in [-0.05, 0) is 32.1 Å². The minimum absolute atomic E-state index is 0.167. The zero-order chi connectivity index (χ0) is 10.9. The highest BCUT2D eigenvalue weighted by molar-refractivity contribution is 7.89. The maximum atomic E-state index is 11.6. The number of sulfonamides is 1. The largest absolute Gasteiger partial charge is 0.311 e. The molecule has 2 bridgehead atoms. The van der Waals surface area contributed by atoms with E-state index in [1.165, 1.54) is 12.8 Å². The van der Waals surface area contributed by atoms with Gasteiger partial charge in [-0.15, -0.1) is 0 Å². The Labute approximate surface area is 91.9 Å². The first-order chi connectivity index (χ1) is 7.09. The summed E-state index contributed by atoms with van der Waals surface area (Å²) in [5.74, 6) is 0.256. The minimum atomic E-state index is -3.03. The molecule has 2 unspecified atom stereocenters. The maximum absolute atomic E-state index is 11.6. The second-order valence-electron chi connectivity index (χ2n) is 4.74. The third-order valence-electron chi connectivity index (χ3n) is 3.29. The molecule has 0 aromatic carbocycles. The summed E-state index contributed by atoms with van der Waals surface area (Å²) >= 11 is 0. The molecule has 2 saturated heterocycles. The molecule has 2 N–H and O–H groups in total. The van der Waals surface area contributed by atoms with Crippen LogP contribution in [0, 0.1) is 0 Å². The molecular formula is C10H20N2O2S. The molecule has 88 valence electrons. The molecule has 0 radical (unpaired) electrons. The summed E-state index contributed by atoms with van der Waals surface area (Å²) < 4.78 is 26.0. The maximum Gasteiger partial charge on any atom is 0.211 e. The molecule has 0 aromatic rings. The van der Waals surface area contributed by atoms with Crippen molar-refractivity contribution in [3.05, 3.63) is 0 Å². The lowest BCUT2D eigenvalue weighted by molar-refractivity contribution is 0.345. The zero-order valence-corrected chi connectivity index (χ0v) is 10.0. The molecule has 2 heterocycles. The summed E-state index contributed by atoms with van der Waals surface area (Å²) in [5.41, 5.74) is 0. The van der Waals surface area contributed by atoms with Gasteiger partial charge in [0.25, 0.3) is 0 Å². The van der Waals surface area contributed by atoms with Gasteiger partial charge in [-0.25, -0.2) is 13.1 Å². The van der Waals surface area contributed by atoms with Crippen molar-refractivity contribution in [1.82, 2.24) is 10.0 Å². The van der Waals surface area contributed by atoms with Crippen LogP contribution in [0.15, 0.2) is 0 Å². The van der Waals surface area contributed by atoms with Crippen LogP contribution >= 0.6 is 0 Å². The van der Waals surface area contributed by atoms with E-state index in [1.54, 1.807) is 0 Å². The van der Waals surface area contributed by atoms with Crippen LogP contribution in [-0.4, -0.2) is 32.3 Å². The standard InChI is InChI=1S/C10H20N2O2S/c1-2-5-15(13,14)12-10-6-8-3-4-9(7-10)11-8/h8-12H,2-7H2,1H3. The predicted molar refractivity (Wildman–Crippen MR) is 60.2 cm³/mol. The molecule has 2 fully saturated rings. The second-order valence-corrected chi connectivity index (χ2v) is 6.62. The van der Waals surface area contributed by atoms with Gasteiger partial charge in [0, 0.05) is 18.1 Å². The van der Waals surface area contributed by atoms with E-state index in [0.717, 1.165) is 12.8 Å². The Hall–Kier alpha value is -0.130. The molecule has 5 heteroatoms. The first kappa shape index (κ1) is 11.4. The average molecular weight is 232 g/mol. The Balaban J connectivity index is 1.90. The summed E-state index contributed by atoms with van der Waals surface area (Å²) in [4.78, 5) is 0. The molecule has 0 aromatic heterocycles. The highest BCUT2D eigenvalue weighted by Gasteiger charge is 2.34. The molecule has 2 aliphatic heterocycles. The molecule has 2 aliphatic rings. The van der Waals surface area contributed by atoms with Crippen molar-refractivity contribution >= 4 is 10.0 Å². The average Bonchev–Trinajstić information content (AvgIpc) is 2.44. The highest BCUT2D eigenvalue weighted by atomic mass is 32.2. The lowest BCUT2D eigenvalue weighted by Gasteiger charge is -2.29. The summed E-state index contributed by atoms with van der Waals surface area (Å²) in [7, 11) is -3.03. The van der Waals surface area contributed by atoms with Crippen molar-refractivity contribution in [3.63, 3.8) is 0 Å². The number of rotatable bonds is 4. The fourth-order valence-electron chi connectivity index (χ4n) is 2.74. The minimum Gasteiger partial charge on any atom is -0.311 e. The van der Waals surface area contributed by atoms with Crippen LogP contribution in [-0.2, 0) is 10.0 Å². The van der Waals surface area contributed by atoms with Gasteiger partial charge in [0.05, 0.1) is 5.75 Å². The molecule has 15 heavy (non-hydrogen) atoms. The fourth-order valence-corrected chi connectivity index (χ4v) is 4.09. The van der Waals surface area contributed by atoms with E-state index in [9.17, 15) is 8.42 Å². The molecule has 0 amide bonds. The molecule has 2 rings (SSSR count). The lowest BCUT2D eigenvalue weighted by Crippen LogP contribution is -2.48. The van der Waals surface area contributed by atoms with Crippen LogP contribution in [0.2, 0.25) is 0 Å². The van der Waals surface area contributed by atoms with Gasteiger partial charge in [0.15, 0.2) is 0 Å². The van der Waals surface area contributed by atoms with Crippen LogP contribution in [0.1, 0.15) is 39.0 Å². The molecule has 0 aliphatic carbocycles. The zero-order valence-electron chi connectivity index (χ0n) is 9.20. The smallest absolute Gasteiger partial charge is 0.211 e. The lowest BCUT2D eigenvalue weighted by atomic mass is 10.0. The van der Waals surface area contributed by atoms with Crippen LogP contribution in [0.25, 0.3) is 0 Å². The second kappa shape index (κ2) is 4.39. The SMILES string of the molecule is CCCS(=O)(=O)NC1CC2CCC(C1)N2. The molecule has 0 saturated carbocycles. The van der Waals surface area contributed by atoms with Gasteiger partial charge < -0.3 is 5.32 Å².